The molecule has 1 aliphatic heterocycles. The van der Waals surface area contributed by atoms with Gasteiger partial charge in [0.25, 0.3) is 5.91 Å². The number of likely N-dealkylation sites (N-methyl/N-ethyl adjacent to an activating group) is 1. The summed E-state index contributed by atoms with van der Waals surface area (Å²) in [6, 6.07) is 11.6. The largest absolute Gasteiger partial charge is 0.368 e. The molecule has 3 rings (SSSR count). The van der Waals surface area contributed by atoms with Gasteiger partial charge in [0.15, 0.2) is 0 Å². The van der Waals surface area contributed by atoms with Crippen molar-refractivity contribution in [1.82, 2.24) is 9.88 Å². The fraction of sp³-hybridized carbons (Fsp3) is 0.333. The molecule has 1 aromatic heterocycles. The number of carbonyl (C=O) groups is 1. The van der Waals surface area contributed by atoms with Crippen LogP contribution in [0.5, 0.6) is 0 Å². The van der Waals surface area contributed by atoms with Crippen LogP contribution in [0, 0.1) is 0 Å². The van der Waals surface area contributed by atoms with Crippen LogP contribution in [0.2, 0.25) is 0 Å². The number of aromatic nitrogens is 1. The van der Waals surface area contributed by atoms with Crippen molar-refractivity contribution in [2.45, 2.75) is 0 Å². The van der Waals surface area contributed by atoms with Crippen LogP contribution in [0.3, 0.4) is 0 Å². The molecule has 23 heavy (non-hydrogen) atoms. The molecule has 0 bridgehead atoms. The number of anilines is 2. The highest BCUT2D eigenvalue weighted by molar-refractivity contribution is 6.06. The van der Waals surface area contributed by atoms with Crippen molar-refractivity contribution < 1.29 is 4.79 Å². The highest BCUT2D eigenvalue weighted by atomic mass is 16.2. The molecular weight excluding hydrogens is 288 g/mol. The third kappa shape index (κ3) is 3.51. The molecule has 5 heteroatoms. The van der Waals surface area contributed by atoms with Gasteiger partial charge in [-0.25, -0.2) is 0 Å². The lowest BCUT2D eigenvalue weighted by molar-refractivity contribution is 0.0992. The quantitative estimate of drug-likeness (QED) is 0.870. The zero-order chi connectivity index (χ0) is 16.2. The van der Waals surface area contributed by atoms with Gasteiger partial charge in [0.05, 0.1) is 17.4 Å². The maximum Gasteiger partial charge on any atom is 0.259 e. The van der Waals surface area contributed by atoms with Crippen LogP contribution >= 0.6 is 0 Å². The first-order valence-corrected chi connectivity index (χ1v) is 7.87. The van der Waals surface area contributed by atoms with Crippen LogP contribution in [0.1, 0.15) is 10.4 Å². The lowest BCUT2D eigenvalue weighted by Gasteiger charge is -2.34. The highest BCUT2D eigenvalue weighted by Gasteiger charge is 2.18. The van der Waals surface area contributed by atoms with E-state index in [1.165, 1.54) is 0 Å². The predicted octanol–water partition coefficient (Wildman–Crippen LogP) is 2.11. The summed E-state index contributed by atoms with van der Waals surface area (Å²) in [5.74, 6) is -0.0420. The molecular formula is C18H22N4O. The van der Waals surface area contributed by atoms with Gasteiger partial charge in [-0.2, -0.15) is 0 Å². The molecule has 1 amide bonds. The Morgan fingerprint density at radius 2 is 1.78 bits per heavy atom. The molecule has 1 aromatic carbocycles. The van der Waals surface area contributed by atoms with Gasteiger partial charge >= 0.3 is 0 Å². The molecule has 1 aliphatic rings. The maximum atomic E-state index is 12.7. The minimum absolute atomic E-state index is 0.0420. The zero-order valence-electron chi connectivity index (χ0n) is 13.6. The van der Waals surface area contributed by atoms with Crippen LogP contribution in [0.15, 0.2) is 48.8 Å². The first-order valence-electron chi connectivity index (χ1n) is 7.87. The number of piperazine rings is 1. The Bertz CT molecular complexity index is 666. The SMILES string of the molecule is CN1CCN(c2cncc(C(=O)N(C)c3ccccc3)c2)CC1. The molecule has 120 valence electrons. The van der Waals surface area contributed by atoms with Crippen LogP contribution in [0.4, 0.5) is 11.4 Å². The number of carbonyl (C=O) groups excluding carboxylic acids is 1. The zero-order valence-corrected chi connectivity index (χ0v) is 13.6. The molecule has 0 saturated carbocycles. The Balaban J connectivity index is 1.78. The molecule has 2 aromatic rings. The average molecular weight is 310 g/mol. The third-order valence-corrected chi connectivity index (χ3v) is 4.29. The normalized spacial score (nSPS) is 15.5. The van der Waals surface area contributed by atoms with E-state index in [-0.39, 0.29) is 5.91 Å². The number of pyridine rings is 1. The Kier molecular flexibility index (Phi) is 4.57. The monoisotopic (exact) mass is 310 g/mol. The number of rotatable bonds is 3. The minimum Gasteiger partial charge on any atom is -0.368 e. The summed E-state index contributed by atoms with van der Waals surface area (Å²) < 4.78 is 0. The fourth-order valence-electron chi connectivity index (χ4n) is 2.74. The lowest BCUT2D eigenvalue weighted by Crippen LogP contribution is -2.44. The number of hydrogen-bond donors (Lipinski definition) is 0. The van der Waals surface area contributed by atoms with Gasteiger partial charge in [-0.1, -0.05) is 18.2 Å². The van der Waals surface area contributed by atoms with Crippen LogP contribution < -0.4 is 9.80 Å². The number of benzene rings is 1. The number of para-hydroxylation sites is 1. The maximum absolute atomic E-state index is 12.7. The molecule has 1 fully saturated rings. The third-order valence-electron chi connectivity index (χ3n) is 4.29. The van der Waals surface area contributed by atoms with Gasteiger partial charge in [-0.15, -0.1) is 0 Å². The smallest absolute Gasteiger partial charge is 0.259 e. The Labute approximate surface area is 137 Å². The van der Waals surface area contributed by atoms with Gasteiger partial charge < -0.3 is 14.7 Å². The number of amides is 1. The molecule has 2 heterocycles. The van der Waals surface area contributed by atoms with Gasteiger partial charge in [-0.05, 0) is 25.2 Å². The molecule has 0 atom stereocenters. The van der Waals surface area contributed by atoms with E-state index in [2.05, 4.69) is 21.8 Å². The van der Waals surface area contributed by atoms with E-state index >= 15 is 0 Å². The Morgan fingerprint density at radius 1 is 1.09 bits per heavy atom. The van der Waals surface area contributed by atoms with Gasteiger partial charge in [0, 0.05) is 45.1 Å². The van der Waals surface area contributed by atoms with Gasteiger partial charge in [0.2, 0.25) is 0 Å². The molecule has 5 nitrogen and oxygen atoms in total. The minimum atomic E-state index is -0.0420. The topological polar surface area (TPSA) is 39.7 Å². The second kappa shape index (κ2) is 6.79. The first kappa shape index (κ1) is 15.5. The van der Waals surface area contributed by atoms with Crippen molar-refractivity contribution in [3.8, 4) is 0 Å². The van der Waals surface area contributed by atoms with Crippen molar-refractivity contribution in [2.75, 3.05) is 50.1 Å². The van der Waals surface area contributed by atoms with E-state index in [9.17, 15) is 4.79 Å². The van der Waals surface area contributed by atoms with Crippen molar-refractivity contribution in [3.63, 3.8) is 0 Å². The van der Waals surface area contributed by atoms with E-state index in [1.54, 1.807) is 18.1 Å². The second-order valence-electron chi connectivity index (χ2n) is 5.92. The average Bonchev–Trinajstić information content (AvgIpc) is 2.62. The number of hydrogen-bond acceptors (Lipinski definition) is 4. The molecule has 0 N–H and O–H groups in total. The summed E-state index contributed by atoms with van der Waals surface area (Å²) in [4.78, 5) is 23.2. The summed E-state index contributed by atoms with van der Waals surface area (Å²) in [5.41, 5.74) is 2.51. The van der Waals surface area contributed by atoms with Crippen LogP contribution in [-0.4, -0.2) is 56.1 Å². The Morgan fingerprint density at radius 3 is 2.48 bits per heavy atom. The molecule has 1 saturated heterocycles. The summed E-state index contributed by atoms with van der Waals surface area (Å²) in [6.07, 6.45) is 3.48. The van der Waals surface area contributed by atoms with Gasteiger partial charge in [0.1, 0.15) is 0 Å². The van der Waals surface area contributed by atoms with Crippen LogP contribution in [-0.2, 0) is 0 Å². The first-order chi connectivity index (χ1) is 11.1. The summed E-state index contributed by atoms with van der Waals surface area (Å²) in [6.45, 7) is 3.99. The van der Waals surface area contributed by atoms with Crippen molar-refractivity contribution in [3.05, 3.63) is 54.4 Å². The summed E-state index contributed by atoms with van der Waals surface area (Å²) in [7, 11) is 3.92. The summed E-state index contributed by atoms with van der Waals surface area (Å²) in [5, 5.41) is 0. The van der Waals surface area contributed by atoms with Crippen molar-refractivity contribution in [2.24, 2.45) is 0 Å². The van der Waals surface area contributed by atoms with E-state index < -0.39 is 0 Å². The van der Waals surface area contributed by atoms with E-state index in [1.807, 2.05) is 42.6 Å². The molecule has 0 unspecified atom stereocenters. The van der Waals surface area contributed by atoms with E-state index in [0.29, 0.717) is 5.56 Å². The molecule has 0 radical (unpaired) electrons. The van der Waals surface area contributed by atoms with E-state index in [4.69, 9.17) is 0 Å². The predicted molar refractivity (Wildman–Crippen MR) is 93.1 cm³/mol. The molecule has 0 aliphatic carbocycles. The second-order valence-corrected chi connectivity index (χ2v) is 5.92. The Hall–Kier alpha value is -2.40. The van der Waals surface area contributed by atoms with Crippen molar-refractivity contribution in [1.29, 1.82) is 0 Å². The van der Waals surface area contributed by atoms with Crippen molar-refractivity contribution >= 4 is 17.3 Å². The molecule has 0 spiro atoms. The van der Waals surface area contributed by atoms with Crippen LogP contribution in [0.25, 0.3) is 0 Å². The standard InChI is InChI=1S/C18H22N4O/c1-20-8-10-22(11-9-20)17-12-15(13-19-14-17)18(23)21(2)16-6-4-3-5-7-16/h3-7,12-14H,8-11H2,1-2H3. The highest BCUT2D eigenvalue weighted by Crippen LogP contribution is 2.19. The number of nitrogens with zero attached hydrogens (tertiary/aromatic N) is 4. The lowest BCUT2D eigenvalue weighted by atomic mass is 10.2. The fourth-order valence-corrected chi connectivity index (χ4v) is 2.74. The van der Waals surface area contributed by atoms with Gasteiger partial charge in [-0.3, -0.25) is 9.78 Å². The van der Waals surface area contributed by atoms with E-state index in [0.717, 1.165) is 37.6 Å². The summed E-state index contributed by atoms with van der Waals surface area (Å²) >= 11 is 0.